The van der Waals surface area contributed by atoms with Crippen molar-refractivity contribution in [2.45, 2.75) is 13.0 Å². The lowest BCUT2D eigenvalue weighted by Crippen LogP contribution is -2.15. The average molecular weight is 233 g/mol. The molecule has 2 atom stereocenters. The molecule has 2 nitrogen and oxygen atoms in total. The Morgan fingerprint density at radius 2 is 2.20 bits per heavy atom. The molecule has 0 aromatic heterocycles. The van der Waals surface area contributed by atoms with E-state index in [1.165, 1.54) is 18.2 Å². The standard InChI is InChI=1S/C11H14ClFO2/c1-7(6-15-2)11(14)9-5-8(13)3-4-10(9)12/h3-5,7,11,14H,6H2,1-2H3. The molecule has 4 heteroatoms. The fraction of sp³-hybridized carbons (Fsp3) is 0.455. The van der Waals surface area contributed by atoms with Gasteiger partial charge in [0.1, 0.15) is 5.82 Å². The van der Waals surface area contributed by atoms with Gasteiger partial charge in [0.25, 0.3) is 0 Å². The van der Waals surface area contributed by atoms with Gasteiger partial charge in [0, 0.05) is 23.6 Å². The summed E-state index contributed by atoms with van der Waals surface area (Å²) in [4.78, 5) is 0. The maximum absolute atomic E-state index is 13.0. The Hall–Kier alpha value is -0.640. The van der Waals surface area contributed by atoms with Gasteiger partial charge in [-0.25, -0.2) is 4.39 Å². The first kappa shape index (κ1) is 12.4. The van der Waals surface area contributed by atoms with Crippen molar-refractivity contribution >= 4 is 11.6 Å². The molecule has 1 aromatic carbocycles. The molecule has 1 rings (SSSR count). The quantitative estimate of drug-likeness (QED) is 0.865. The Morgan fingerprint density at radius 1 is 1.53 bits per heavy atom. The Morgan fingerprint density at radius 3 is 2.80 bits per heavy atom. The molecule has 0 fully saturated rings. The Kier molecular flexibility index (Phi) is 4.51. The first-order valence-electron chi connectivity index (χ1n) is 4.68. The zero-order valence-corrected chi connectivity index (χ0v) is 9.46. The third-order valence-electron chi connectivity index (χ3n) is 2.25. The van der Waals surface area contributed by atoms with Gasteiger partial charge in [0.2, 0.25) is 0 Å². The number of aliphatic hydroxyl groups is 1. The second-order valence-corrected chi connectivity index (χ2v) is 3.95. The van der Waals surface area contributed by atoms with Crippen molar-refractivity contribution in [1.82, 2.24) is 0 Å². The maximum atomic E-state index is 13.0. The van der Waals surface area contributed by atoms with E-state index >= 15 is 0 Å². The lowest BCUT2D eigenvalue weighted by Gasteiger charge is -2.19. The van der Waals surface area contributed by atoms with E-state index in [9.17, 15) is 9.50 Å². The van der Waals surface area contributed by atoms with Crippen LogP contribution in [0.5, 0.6) is 0 Å². The van der Waals surface area contributed by atoms with E-state index in [2.05, 4.69) is 0 Å². The predicted molar refractivity (Wildman–Crippen MR) is 57.4 cm³/mol. The Balaban J connectivity index is 2.89. The summed E-state index contributed by atoms with van der Waals surface area (Å²) in [6, 6.07) is 3.95. The van der Waals surface area contributed by atoms with Crippen molar-refractivity contribution in [1.29, 1.82) is 0 Å². The largest absolute Gasteiger partial charge is 0.388 e. The van der Waals surface area contributed by atoms with Crippen molar-refractivity contribution in [2.75, 3.05) is 13.7 Å². The van der Waals surface area contributed by atoms with Crippen LogP contribution in [0.25, 0.3) is 0 Å². The van der Waals surface area contributed by atoms with Crippen molar-refractivity contribution in [3.63, 3.8) is 0 Å². The van der Waals surface area contributed by atoms with E-state index in [4.69, 9.17) is 16.3 Å². The average Bonchev–Trinajstić information content (AvgIpc) is 2.21. The molecule has 2 unspecified atom stereocenters. The number of benzene rings is 1. The molecule has 0 saturated heterocycles. The first-order chi connectivity index (χ1) is 7.06. The Labute approximate surface area is 93.6 Å². The summed E-state index contributed by atoms with van der Waals surface area (Å²) in [5, 5.41) is 10.3. The summed E-state index contributed by atoms with van der Waals surface area (Å²) in [5.74, 6) is -0.535. The molecule has 0 bridgehead atoms. The van der Waals surface area contributed by atoms with Crippen LogP contribution in [0.4, 0.5) is 4.39 Å². The number of aliphatic hydroxyl groups excluding tert-OH is 1. The molecule has 0 aliphatic heterocycles. The summed E-state index contributed by atoms with van der Waals surface area (Å²) < 4.78 is 17.9. The van der Waals surface area contributed by atoms with Gasteiger partial charge >= 0.3 is 0 Å². The second kappa shape index (κ2) is 5.45. The maximum Gasteiger partial charge on any atom is 0.123 e. The molecule has 0 heterocycles. The van der Waals surface area contributed by atoms with Gasteiger partial charge in [-0.15, -0.1) is 0 Å². The summed E-state index contributed by atoms with van der Waals surface area (Å²) >= 11 is 5.87. The van der Waals surface area contributed by atoms with Crippen LogP contribution in [-0.2, 0) is 4.74 Å². The molecule has 84 valence electrons. The molecule has 15 heavy (non-hydrogen) atoms. The Bertz CT molecular complexity index is 330. The molecular formula is C11H14ClFO2. The fourth-order valence-corrected chi connectivity index (χ4v) is 1.63. The highest BCUT2D eigenvalue weighted by Gasteiger charge is 2.19. The van der Waals surface area contributed by atoms with Gasteiger partial charge in [-0.05, 0) is 18.2 Å². The zero-order chi connectivity index (χ0) is 11.4. The summed E-state index contributed by atoms with van der Waals surface area (Å²) in [5.41, 5.74) is 0.404. The van der Waals surface area contributed by atoms with Crippen LogP contribution in [0.3, 0.4) is 0 Å². The monoisotopic (exact) mass is 232 g/mol. The molecule has 0 aliphatic rings. The van der Waals surface area contributed by atoms with Crippen LogP contribution < -0.4 is 0 Å². The number of methoxy groups -OCH3 is 1. The number of halogens is 2. The molecule has 0 radical (unpaired) electrons. The van der Waals surface area contributed by atoms with E-state index in [0.29, 0.717) is 17.2 Å². The van der Waals surface area contributed by atoms with Gasteiger partial charge < -0.3 is 9.84 Å². The third kappa shape index (κ3) is 3.16. The first-order valence-corrected chi connectivity index (χ1v) is 5.06. The van der Waals surface area contributed by atoms with Gasteiger partial charge in [0.05, 0.1) is 12.7 Å². The van der Waals surface area contributed by atoms with Crippen LogP contribution in [0.15, 0.2) is 18.2 Å². The lowest BCUT2D eigenvalue weighted by atomic mass is 9.98. The summed E-state index contributed by atoms with van der Waals surface area (Å²) in [7, 11) is 1.55. The van der Waals surface area contributed by atoms with E-state index in [-0.39, 0.29) is 5.92 Å². The smallest absolute Gasteiger partial charge is 0.123 e. The van der Waals surface area contributed by atoms with E-state index < -0.39 is 11.9 Å². The molecule has 1 N–H and O–H groups in total. The summed E-state index contributed by atoms with van der Waals surface area (Å²) in [6.07, 6.45) is -0.812. The van der Waals surface area contributed by atoms with Gasteiger partial charge in [-0.2, -0.15) is 0 Å². The molecule has 0 aliphatic carbocycles. The van der Waals surface area contributed by atoms with Crippen molar-refractivity contribution in [3.8, 4) is 0 Å². The highest BCUT2D eigenvalue weighted by atomic mass is 35.5. The number of hydrogen-bond acceptors (Lipinski definition) is 2. The zero-order valence-electron chi connectivity index (χ0n) is 8.71. The number of rotatable bonds is 4. The van der Waals surface area contributed by atoms with Gasteiger partial charge in [-0.3, -0.25) is 0 Å². The topological polar surface area (TPSA) is 29.5 Å². The number of hydrogen-bond donors (Lipinski definition) is 1. The van der Waals surface area contributed by atoms with Crippen molar-refractivity contribution in [3.05, 3.63) is 34.6 Å². The predicted octanol–water partition coefficient (Wildman–Crippen LogP) is 2.80. The molecule has 0 saturated carbocycles. The summed E-state index contributed by atoms with van der Waals surface area (Å²) in [6.45, 7) is 2.21. The van der Waals surface area contributed by atoms with Crippen molar-refractivity contribution in [2.24, 2.45) is 5.92 Å². The fourth-order valence-electron chi connectivity index (χ4n) is 1.40. The van der Waals surface area contributed by atoms with Crippen LogP contribution >= 0.6 is 11.6 Å². The molecule has 0 amide bonds. The van der Waals surface area contributed by atoms with Gasteiger partial charge in [0.15, 0.2) is 0 Å². The minimum atomic E-state index is -0.812. The van der Waals surface area contributed by atoms with Crippen LogP contribution in [0.1, 0.15) is 18.6 Å². The van der Waals surface area contributed by atoms with Crippen molar-refractivity contribution < 1.29 is 14.2 Å². The van der Waals surface area contributed by atoms with E-state index in [0.717, 1.165) is 0 Å². The SMILES string of the molecule is COCC(C)C(O)c1cc(F)ccc1Cl. The van der Waals surface area contributed by atoms with Crippen LogP contribution in [0, 0.1) is 11.7 Å². The highest BCUT2D eigenvalue weighted by molar-refractivity contribution is 6.31. The number of ether oxygens (including phenoxy) is 1. The van der Waals surface area contributed by atoms with E-state index in [1.807, 2.05) is 6.92 Å². The highest BCUT2D eigenvalue weighted by Crippen LogP contribution is 2.28. The van der Waals surface area contributed by atoms with E-state index in [1.54, 1.807) is 7.11 Å². The minimum Gasteiger partial charge on any atom is -0.388 e. The van der Waals surface area contributed by atoms with Crippen LogP contribution in [-0.4, -0.2) is 18.8 Å². The van der Waals surface area contributed by atoms with Gasteiger partial charge in [-0.1, -0.05) is 18.5 Å². The lowest BCUT2D eigenvalue weighted by molar-refractivity contribution is 0.0565. The van der Waals surface area contributed by atoms with Crippen LogP contribution in [0.2, 0.25) is 5.02 Å². The second-order valence-electron chi connectivity index (χ2n) is 3.54. The normalized spacial score (nSPS) is 15.0. The molecular weight excluding hydrogens is 219 g/mol. The molecule has 0 spiro atoms. The third-order valence-corrected chi connectivity index (χ3v) is 2.59. The minimum absolute atomic E-state index is 0.130. The molecule has 1 aromatic rings.